The van der Waals surface area contributed by atoms with Crippen molar-refractivity contribution in [1.29, 1.82) is 0 Å². The van der Waals surface area contributed by atoms with Crippen LogP contribution in [0, 0.1) is 0 Å². The maximum absolute atomic E-state index is 6.24. The van der Waals surface area contributed by atoms with Gasteiger partial charge in [0, 0.05) is 5.56 Å². The topological polar surface area (TPSA) is 43.5 Å². The molecule has 0 radical (unpaired) electrons. The molecule has 2 aromatic rings. The van der Waals surface area contributed by atoms with Crippen molar-refractivity contribution in [2.24, 2.45) is 0 Å². The van der Waals surface area contributed by atoms with Gasteiger partial charge in [0.15, 0.2) is 0 Å². The van der Waals surface area contributed by atoms with Gasteiger partial charge in [0.2, 0.25) is 0 Å². The Morgan fingerprint density at radius 3 is 2.03 bits per heavy atom. The highest BCUT2D eigenvalue weighted by molar-refractivity contribution is 5.78. The molecular formula is C32H40O4. The SMILES string of the molecule is CCCCCC(C)(C)c1cc(C2=CCC(c3ccc(OCC4CO4)cc3)=CC2)ccc1OCC1CO1. The minimum absolute atomic E-state index is 0.0661. The van der Waals surface area contributed by atoms with Gasteiger partial charge in [-0.15, -0.1) is 0 Å². The fraction of sp³-hybridized carbons (Fsp3) is 0.500. The van der Waals surface area contributed by atoms with E-state index in [1.165, 1.54) is 47.1 Å². The highest BCUT2D eigenvalue weighted by atomic mass is 16.6. The second-order valence-corrected chi connectivity index (χ2v) is 11.0. The number of epoxide rings is 2. The number of ether oxygens (including phenoxy) is 4. The number of hydrogen-bond donors (Lipinski definition) is 0. The molecule has 2 unspecified atom stereocenters. The molecule has 0 bridgehead atoms. The van der Waals surface area contributed by atoms with Crippen molar-refractivity contribution in [3.05, 3.63) is 71.3 Å². The van der Waals surface area contributed by atoms with E-state index >= 15 is 0 Å². The Hall–Kier alpha value is -2.56. The maximum Gasteiger partial charge on any atom is 0.123 e. The summed E-state index contributed by atoms with van der Waals surface area (Å²) in [5.41, 5.74) is 6.73. The smallest absolute Gasteiger partial charge is 0.123 e. The van der Waals surface area contributed by atoms with Gasteiger partial charge in [-0.3, -0.25) is 0 Å². The molecule has 0 N–H and O–H groups in total. The van der Waals surface area contributed by atoms with Gasteiger partial charge in [0.25, 0.3) is 0 Å². The second kappa shape index (κ2) is 11.2. The molecule has 1 aliphatic carbocycles. The van der Waals surface area contributed by atoms with Crippen LogP contribution in [0.4, 0.5) is 0 Å². The van der Waals surface area contributed by atoms with Crippen molar-refractivity contribution in [1.82, 2.24) is 0 Å². The van der Waals surface area contributed by atoms with Crippen LogP contribution in [0.2, 0.25) is 0 Å². The van der Waals surface area contributed by atoms with Crippen LogP contribution in [-0.4, -0.2) is 38.6 Å². The molecule has 2 saturated heterocycles. The van der Waals surface area contributed by atoms with Gasteiger partial charge in [-0.2, -0.15) is 0 Å². The monoisotopic (exact) mass is 488 g/mol. The molecule has 2 aliphatic heterocycles. The molecule has 4 heteroatoms. The number of hydrogen-bond acceptors (Lipinski definition) is 4. The zero-order valence-electron chi connectivity index (χ0n) is 22.1. The highest BCUT2D eigenvalue weighted by Crippen LogP contribution is 2.40. The van der Waals surface area contributed by atoms with Crippen LogP contribution >= 0.6 is 0 Å². The zero-order chi connectivity index (χ0) is 25.0. The minimum atomic E-state index is 0.0661. The molecule has 4 nitrogen and oxygen atoms in total. The Labute approximate surface area is 216 Å². The summed E-state index contributed by atoms with van der Waals surface area (Å²) in [5, 5.41) is 0. The Morgan fingerprint density at radius 2 is 1.42 bits per heavy atom. The predicted octanol–water partition coefficient (Wildman–Crippen LogP) is 7.36. The molecule has 5 rings (SSSR count). The summed E-state index contributed by atoms with van der Waals surface area (Å²) < 4.78 is 22.6. The second-order valence-electron chi connectivity index (χ2n) is 11.0. The standard InChI is InChI=1S/C32H40O4/c1-4-5-6-17-32(2,3)30-18-26(13-16-31(30)36-22-29-21-35-29)25-9-7-23(8-10-25)24-11-14-27(15-12-24)33-19-28-20-34-28/h7,10-16,18,28-29H,4-6,8-9,17,19-22H2,1-3H3. The molecule has 0 saturated carbocycles. The van der Waals surface area contributed by atoms with Gasteiger partial charge in [-0.05, 0) is 71.2 Å². The maximum atomic E-state index is 6.24. The molecular weight excluding hydrogens is 448 g/mol. The Morgan fingerprint density at radius 1 is 0.806 bits per heavy atom. The van der Waals surface area contributed by atoms with Crippen LogP contribution in [0.3, 0.4) is 0 Å². The van der Waals surface area contributed by atoms with Gasteiger partial charge in [-0.25, -0.2) is 0 Å². The van der Waals surface area contributed by atoms with Crippen molar-refractivity contribution in [3.63, 3.8) is 0 Å². The van der Waals surface area contributed by atoms with Crippen molar-refractivity contribution in [2.75, 3.05) is 26.4 Å². The molecule has 192 valence electrons. The van der Waals surface area contributed by atoms with Gasteiger partial charge in [-0.1, -0.05) is 70.4 Å². The lowest BCUT2D eigenvalue weighted by Gasteiger charge is -2.29. The molecule has 2 heterocycles. The van der Waals surface area contributed by atoms with Gasteiger partial charge in [0.05, 0.1) is 13.2 Å². The Balaban J connectivity index is 1.27. The van der Waals surface area contributed by atoms with Gasteiger partial charge in [0.1, 0.15) is 36.9 Å². The number of unbranched alkanes of at least 4 members (excludes halogenated alkanes) is 2. The molecule has 36 heavy (non-hydrogen) atoms. The molecule has 2 fully saturated rings. The van der Waals surface area contributed by atoms with E-state index < -0.39 is 0 Å². The number of rotatable bonds is 13. The normalized spacial score (nSPS) is 21.0. The zero-order valence-corrected chi connectivity index (χ0v) is 22.1. The number of allylic oxidation sites excluding steroid dienone is 4. The van der Waals surface area contributed by atoms with Crippen molar-refractivity contribution in [2.45, 2.75) is 76.9 Å². The summed E-state index contributed by atoms with van der Waals surface area (Å²) in [4.78, 5) is 0. The van der Waals surface area contributed by atoms with E-state index in [0.717, 1.165) is 44.0 Å². The molecule has 3 aliphatic rings. The predicted molar refractivity (Wildman–Crippen MR) is 146 cm³/mol. The first-order valence-electron chi connectivity index (χ1n) is 13.6. The summed E-state index contributed by atoms with van der Waals surface area (Å²) in [6.45, 7) is 9.92. The summed E-state index contributed by atoms with van der Waals surface area (Å²) in [7, 11) is 0. The molecule has 0 aromatic heterocycles. The first-order valence-corrected chi connectivity index (χ1v) is 13.6. The van der Waals surface area contributed by atoms with Crippen LogP contribution in [0.15, 0.2) is 54.6 Å². The quantitative estimate of drug-likeness (QED) is 0.218. The van der Waals surface area contributed by atoms with Crippen LogP contribution < -0.4 is 9.47 Å². The molecule has 2 atom stereocenters. The molecule has 2 aromatic carbocycles. The average molecular weight is 489 g/mol. The van der Waals surface area contributed by atoms with E-state index in [2.05, 4.69) is 75.4 Å². The van der Waals surface area contributed by atoms with E-state index in [1.54, 1.807) is 0 Å². The summed E-state index contributed by atoms with van der Waals surface area (Å²) >= 11 is 0. The average Bonchev–Trinajstić information content (AvgIpc) is 3.82. The molecule has 0 amide bonds. The third-order valence-corrected chi connectivity index (χ3v) is 7.51. The lowest BCUT2D eigenvalue weighted by atomic mass is 9.78. The van der Waals surface area contributed by atoms with E-state index in [1.807, 2.05) is 0 Å². The van der Waals surface area contributed by atoms with Crippen molar-refractivity contribution < 1.29 is 18.9 Å². The van der Waals surface area contributed by atoms with E-state index in [0.29, 0.717) is 13.2 Å². The van der Waals surface area contributed by atoms with Crippen molar-refractivity contribution >= 4 is 11.1 Å². The van der Waals surface area contributed by atoms with Crippen LogP contribution in [0.25, 0.3) is 11.1 Å². The lowest BCUT2D eigenvalue weighted by molar-refractivity contribution is 0.256. The third kappa shape index (κ3) is 6.60. The van der Waals surface area contributed by atoms with Gasteiger partial charge >= 0.3 is 0 Å². The summed E-state index contributed by atoms with van der Waals surface area (Å²) in [6.07, 6.45) is 12.1. The largest absolute Gasteiger partial charge is 0.491 e. The van der Waals surface area contributed by atoms with E-state index in [-0.39, 0.29) is 17.6 Å². The lowest BCUT2D eigenvalue weighted by Crippen LogP contribution is -2.20. The summed E-state index contributed by atoms with van der Waals surface area (Å²) in [6, 6.07) is 15.3. The third-order valence-electron chi connectivity index (χ3n) is 7.51. The van der Waals surface area contributed by atoms with E-state index in [9.17, 15) is 0 Å². The van der Waals surface area contributed by atoms with Gasteiger partial charge < -0.3 is 18.9 Å². The first-order chi connectivity index (χ1) is 17.5. The van der Waals surface area contributed by atoms with Crippen LogP contribution in [-0.2, 0) is 14.9 Å². The first kappa shape index (κ1) is 25.1. The Kier molecular flexibility index (Phi) is 7.83. The minimum Gasteiger partial charge on any atom is -0.491 e. The number of benzene rings is 2. The molecule has 0 spiro atoms. The van der Waals surface area contributed by atoms with E-state index in [4.69, 9.17) is 18.9 Å². The van der Waals surface area contributed by atoms with Crippen LogP contribution in [0.5, 0.6) is 11.5 Å². The Bertz CT molecular complexity index is 1090. The summed E-state index contributed by atoms with van der Waals surface area (Å²) in [5.74, 6) is 1.92. The van der Waals surface area contributed by atoms with Crippen LogP contribution in [0.1, 0.15) is 76.0 Å². The fourth-order valence-corrected chi connectivity index (χ4v) is 4.91. The van der Waals surface area contributed by atoms with Crippen molar-refractivity contribution in [3.8, 4) is 11.5 Å². The fourth-order valence-electron chi connectivity index (χ4n) is 4.91. The highest BCUT2D eigenvalue weighted by Gasteiger charge is 2.28.